The third-order valence-electron chi connectivity index (χ3n) is 7.51. The van der Waals surface area contributed by atoms with Gasteiger partial charge in [0.2, 0.25) is 0 Å². The third-order valence-corrected chi connectivity index (χ3v) is 7.51. The van der Waals surface area contributed by atoms with Crippen LogP contribution >= 0.6 is 0 Å². The first-order valence-electron chi connectivity index (χ1n) is 9.23. The lowest BCUT2D eigenvalue weighted by Crippen LogP contribution is -2.51. The quantitative estimate of drug-likeness (QED) is 0.787. The zero-order valence-electron chi connectivity index (χ0n) is 13.9. The Morgan fingerprint density at radius 3 is 2.74 bits per heavy atom. The van der Waals surface area contributed by atoms with Crippen LogP contribution in [0, 0.1) is 17.3 Å². The third kappa shape index (κ3) is 1.78. The molecular formula is C20H26O3. The number of hydrogen-bond donors (Lipinski definition) is 1. The van der Waals surface area contributed by atoms with E-state index in [4.69, 9.17) is 9.47 Å². The number of aryl methyl sites for hydroxylation is 1. The summed E-state index contributed by atoms with van der Waals surface area (Å²) < 4.78 is 12.4. The van der Waals surface area contributed by atoms with E-state index in [1.54, 1.807) is 0 Å². The molecule has 1 aromatic rings. The van der Waals surface area contributed by atoms with Crippen molar-refractivity contribution in [1.82, 2.24) is 0 Å². The molecule has 4 atom stereocenters. The molecule has 0 unspecified atom stereocenters. The minimum Gasteiger partial charge on any atom is -0.508 e. The second-order valence-electron chi connectivity index (χ2n) is 8.24. The van der Waals surface area contributed by atoms with Gasteiger partial charge in [-0.1, -0.05) is 13.0 Å². The van der Waals surface area contributed by atoms with E-state index in [1.807, 2.05) is 12.1 Å². The van der Waals surface area contributed by atoms with Gasteiger partial charge in [-0.15, -0.1) is 0 Å². The molecule has 0 radical (unpaired) electrons. The van der Waals surface area contributed by atoms with Gasteiger partial charge in [0.05, 0.1) is 13.2 Å². The van der Waals surface area contributed by atoms with Crippen LogP contribution in [0.5, 0.6) is 5.75 Å². The minimum atomic E-state index is -0.294. The summed E-state index contributed by atoms with van der Waals surface area (Å²) in [6.07, 6.45) is 7.08. The van der Waals surface area contributed by atoms with Crippen LogP contribution in [0.2, 0.25) is 0 Å². The molecule has 1 heterocycles. The molecule has 1 N–H and O–H groups in total. The summed E-state index contributed by atoms with van der Waals surface area (Å²) in [6, 6.07) is 6.03. The van der Waals surface area contributed by atoms with Crippen molar-refractivity contribution in [3.05, 3.63) is 29.3 Å². The van der Waals surface area contributed by atoms with Gasteiger partial charge < -0.3 is 14.6 Å². The lowest BCUT2D eigenvalue weighted by molar-refractivity contribution is -0.237. The van der Waals surface area contributed by atoms with Crippen LogP contribution in [0.15, 0.2) is 18.2 Å². The highest BCUT2D eigenvalue weighted by molar-refractivity contribution is 5.40. The van der Waals surface area contributed by atoms with Crippen LogP contribution in [0.4, 0.5) is 0 Å². The molecule has 0 amide bonds. The van der Waals surface area contributed by atoms with Crippen molar-refractivity contribution >= 4 is 0 Å². The van der Waals surface area contributed by atoms with E-state index in [1.165, 1.54) is 36.8 Å². The molecule has 0 bridgehead atoms. The average Bonchev–Trinajstić information content (AvgIpc) is 3.14. The second-order valence-corrected chi connectivity index (χ2v) is 8.24. The maximum Gasteiger partial charge on any atom is 0.174 e. The lowest BCUT2D eigenvalue weighted by Gasteiger charge is -2.52. The maximum atomic E-state index is 9.78. The molecule has 1 aromatic carbocycles. The van der Waals surface area contributed by atoms with Gasteiger partial charge >= 0.3 is 0 Å². The first-order chi connectivity index (χ1) is 11.1. The molecule has 5 rings (SSSR count). The molecule has 1 saturated heterocycles. The zero-order chi connectivity index (χ0) is 15.7. The Morgan fingerprint density at radius 2 is 1.91 bits per heavy atom. The smallest absolute Gasteiger partial charge is 0.174 e. The summed E-state index contributed by atoms with van der Waals surface area (Å²) in [7, 11) is 0. The Kier molecular flexibility index (Phi) is 2.94. The Bertz CT molecular complexity index is 634. The van der Waals surface area contributed by atoms with Gasteiger partial charge in [-0.25, -0.2) is 0 Å². The predicted molar refractivity (Wildman–Crippen MR) is 87.4 cm³/mol. The average molecular weight is 314 g/mol. The van der Waals surface area contributed by atoms with E-state index < -0.39 is 0 Å². The number of fused-ring (bicyclic) bond motifs is 6. The number of rotatable bonds is 0. The highest BCUT2D eigenvalue weighted by Gasteiger charge is 2.64. The van der Waals surface area contributed by atoms with Gasteiger partial charge in [0.15, 0.2) is 5.79 Å². The molecule has 3 fully saturated rings. The molecule has 23 heavy (non-hydrogen) atoms. The van der Waals surface area contributed by atoms with Crippen molar-refractivity contribution in [2.24, 2.45) is 17.3 Å². The van der Waals surface area contributed by atoms with Gasteiger partial charge in [0, 0.05) is 11.8 Å². The summed E-state index contributed by atoms with van der Waals surface area (Å²) in [5.41, 5.74) is 3.05. The van der Waals surface area contributed by atoms with E-state index in [9.17, 15) is 5.11 Å². The van der Waals surface area contributed by atoms with Crippen molar-refractivity contribution in [3.63, 3.8) is 0 Å². The van der Waals surface area contributed by atoms with E-state index in [-0.39, 0.29) is 11.2 Å². The van der Waals surface area contributed by atoms with Crippen molar-refractivity contribution < 1.29 is 14.6 Å². The fourth-order valence-corrected chi connectivity index (χ4v) is 6.45. The first-order valence-corrected chi connectivity index (χ1v) is 9.23. The second kappa shape index (κ2) is 4.73. The number of phenolic OH excluding ortho intramolecular Hbond substituents is 1. The molecule has 124 valence electrons. The van der Waals surface area contributed by atoms with E-state index >= 15 is 0 Å². The Labute approximate surface area is 138 Å². The maximum absolute atomic E-state index is 9.78. The van der Waals surface area contributed by atoms with Gasteiger partial charge in [-0.05, 0) is 73.1 Å². The van der Waals surface area contributed by atoms with Crippen molar-refractivity contribution in [1.29, 1.82) is 0 Å². The molecular weight excluding hydrogens is 288 g/mol. The summed E-state index contributed by atoms with van der Waals surface area (Å²) in [5.74, 6) is 2.24. The van der Waals surface area contributed by atoms with Crippen molar-refractivity contribution in [2.45, 2.75) is 57.2 Å². The van der Waals surface area contributed by atoms with Crippen LogP contribution < -0.4 is 0 Å². The standard InChI is InChI=1S/C20H26O3/c1-19-8-6-16-15-5-3-14(21)12-13(15)2-4-17(16)18(19)7-9-20(19)22-10-11-23-20/h3,5,12,16-18,21H,2,4,6-11H2,1H3/t16-,17-,18-,19+/m1/s1. The van der Waals surface area contributed by atoms with Crippen LogP contribution in [0.3, 0.4) is 0 Å². The van der Waals surface area contributed by atoms with Gasteiger partial charge in [0.25, 0.3) is 0 Å². The molecule has 3 aliphatic carbocycles. The number of aromatic hydroxyl groups is 1. The van der Waals surface area contributed by atoms with E-state index in [2.05, 4.69) is 13.0 Å². The van der Waals surface area contributed by atoms with E-state index in [0.717, 1.165) is 32.0 Å². The monoisotopic (exact) mass is 314 g/mol. The van der Waals surface area contributed by atoms with Gasteiger partial charge in [0.1, 0.15) is 5.75 Å². The van der Waals surface area contributed by atoms with Gasteiger partial charge in [-0.2, -0.15) is 0 Å². The topological polar surface area (TPSA) is 38.7 Å². The highest BCUT2D eigenvalue weighted by atomic mass is 16.7. The largest absolute Gasteiger partial charge is 0.508 e. The predicted octanol–water partition coefficient (Wildman–Crippen LogP) is 3.99. The fourth-order valence-electron chi connectivity index (χ4n) is 6.45. The Balaban J connectivity index is 1.51. The van der Waals surface area contributed by atoms with E-state index in [0.29, 0.717) is 17.6 Å². The molecule has 1 spiro atoms. The number of phenols is 1. The SMILES string of the molecule is C[C@]12CC[C@@H]3c4ccc(O)cc4CC[C@H]3[C@H]1CCC21OCCO1. The molecule has 3 heteroatoms. The minimum absolute atomic E-state index is 0.180. The van der Waals surface area contributed by atoms with Crippen LogP contribution in [-0.4, -0.2) is 24.1 Å². The fraction of sp³-hybridized carbons (Fsp3) is 0.700. The normalized spacial score (nSPS) is 40.7. The van der Waals surface area contributed by atoms with Crippen molar-refractivity contribution in [2.75, 3.05) is 13.2 Å². The highest BCUT2D eigenvalue weighted by Crippen LogP contribution is 2.66. The number of ether oxygens (including phenoxy) is 2. The summed E-state index contributed by atoms with van der Waals surface area (Å²) >= 11 is 0. The zero-order valence-corrected chi connectivity index (χ0v) is 13.9. The van der Waals surface area contributed by atoms with Gasteiger partial charge in [-0.3, -0.25) is 0 Å². The summed E-state index contributed by atoms with van der Waals surface area (Å²) in [6.45, 7) is 3.95. The molecule has 2 saturated carbocycles. The summed E-state index contributed by atoms with van der Waals surface area (Å²) in [4.78, 5) is 0. The molecule has 4 aliphatic rings. The number of hydrogen-bond acceptors (Lipinski definition) is 3. The van der Waals surface area contributed by atoms with Crippen LogP contribution in [0.25, 0.3) is 0 Å². The summed E-state index contributed by atoms with van der Waals surface area (Å²) in [5, 5.41) is 9.78. The van der Waals surface area contributed by atoms with Crippen LogP contribution in [0.1, 0.15) is 56.1 Å². The lowest BCUT2D eigenvalue weighted by atomic mass is 9.55. The van der Waals surface area contributed by atoms with Crippen LogP contribution in [-0.2, 0) is 15.9 Å². The Hall–Kier alpha value is -1.06. The molecule has 0 aromatic heterocycles. The molecule has 3 nitrogen and oxygen atoms in total. The van der Waals surface area contributed by atoms with Crippen molar-refractivity contribution in [3.8, 4) is 5.75 Å². The first kappa shape index (κ1) is 14.3. The Morgan fingerprint density at radius 1 is 1.09 bits per heavy atom. The number of benzene rings is 1. The molecule has 1 aliphatic heterocycles.